The molecule has 7 nitrogen and oxygen atoms in total. The molecule has 148 valence electrons. The van der Waals surface area contributed by atoms with Gasteiger partial charge in [-0.2, -0.15) is 4.99 Å². The second-order valence-electron chi connectivity index (χ2n) is 6.19. The van der Waals surface area contributed by atoms with E-state index in [9.17, 15) is 4.79 Å². The maximum Gasteiger partial charge on any atom is 0.312 e. The van der Waals surface area contributed by atoms with Crippen LogP contribution in [0.5, 0.6) is 0 Å². The predicted molar refractivity (Wildman–Crippen MR) is 115 cm³/mol. The molecule has 2 rings (SSSR count). The summed E-state index contributed by atoms with van der Waals surface area (Å²) in [6.45, 7) is 3.48. The van der Waals surface area contributed by atoms with Crippen molar-refractivity contribution in [2.24, 2.45) is 16.5 Å². The average molecular weight is 409 g/mol. The Labute approximate surface area is 168 Å². The first-order valence-electron chi connectivity index (χ1n) is 9.24. The van der Waals surface area contributed by atoms with Gasteiger partial charge in [-0.1, -0.05) is 39.0 Å². The van der Waals surface area contributed by atoms with Gasteiger partial charge in [0, 0.05) is 16.8 Å². The molecule has 2 aromatic rings. The van der Waals surface area contributed by atoms with Crippen LogP contribution in [-0.2, 0) is 6.54 Å². The zero-order valence-electron chi connectivity index (χ0n) is 15.7. The summed E-state index contributed by atoms with van der Waals surface area (Å²) in [5, 5.41) is 8.31. The summed E-state index contributed by atoms with van der Waals surface area (Å²) in [5.74, 6) is 0.405. The lowest BCUT2D eigenvalue weighted by molar-refractivity contribution is 0.248. The highest BCUT2D eigenvalue weighted by atomic mass is 32.1. The molecule has 2 aromatic heterocycles. The Kier molecular flexibility index (Phi) is 9.06. The van der Waals surface area contributed by atoms with Crippen LogP contribution >= 0.6 is 22.7 Å². The van der Waals surface area contributed by atoms with Crippen LogP contribution in [0.2, 0.25) is 0 Å². The molecule has 27 heavy (non-hydrogen) atoms. The maximum absolute atomic E-state index is 10.8. The summed E-state index contributed by atoms with van der Waals surface area (Å²) in [6, 6.07) is 3.40. The van der Waals surface area contributed by atoms with Crippen molar-refractivity contribution < 1.29 is 4.79 Å². The van der Waals surface area contributed by atoms with E-state index in [1.165, 1.54) is 43.4 Å². The van der Waals surface area contributed by atoms with Gasteiger partial charge in [-0.05, 0) is 18.6 Å². The molecule has 0 saturated carbocycles. The predicted octanol–water partition coefficient (Wildman–Crippen LogP) is 3.94. The summed E-state index contributed by atoms with van der Waals surface area (Å²) >= 11 is 3.01. The van der Waals surface area contributed by atoms with Crippen LogP contribution in [0, 0.1) is 0 Å². The number of nitrogens with two attached hydrogens (primary N) is 2. The van der Waals surface area contributed by atoms with Crippen LogP contribution in [0.3, 0.4) is 0 Å². The van der Waals surface area contributed by atoms with Gasteiger partial charge in [0.2, 0.25) is 5.13 Å². The van der Waals surface area contributed by atoms with Crippen LogP contribution in [0.1, 0.15) is 50.3 Å². The first-order valence-corrected chi connectivity index (χ1v) is 10.9. The molecule has 0 aromatic carbocycles. The second-order valence-corrected chi connectivity index (χ2v) is 8.20. The number of hydrogen-bond donors (Lipinski definition) is 4. The lowest BCUT2D eigenvalue weighted by atomic mass is 10.1. The fourth-order valence-corrected chi connectivity index (χ4v) is 4.16. The van der Waals surface area contributed by atoms with Gasteiger partial charge in [-0.15, -0.1) is 22.7 Å². The molecule has 0 aliphatic heterocycles. The molecule has 0 bridgehead atoms. The van der Waals surface area contributed by atoms with E-state index >= 15 is 0 Å². The number of nitrogens with zero attached hydrogens (tertiary/aromatic N) is 2. The van der Waals surface area contributed by atoms with Crippen molar-refractivity contribution in [3.05, 3.63) is 22.4 Å². The maximum atomic E-state index is 10.8. The number of guanidine groups is 1. The standard InChI is InChI=1S/C18H28N6OS2/c1-2-3-4-5-6-7-10-21-16(19)24-18-23-14(12-26-18)15-9-8-13(27-15)11-22-17(20)25/h8-9,12H,2-7,10-11H2,1H3,(H3,20,22,25)(H3,19,21,23,24). The number of thiophene rings is 1. The highest BCUT2D eigenvalue weighted by Crippen LogP contribution is 2.31. The van der Waals surface area contributed by atoms with Gasteiger partial charge in [0.1, 0.15) is 0 Å². The monoisotopic (exact) mass is 408 g/mol. The Morgan fingerprint density at radius 2 is 1.93 bits per heavy atom. The molecule has 0 fully saturated rings. The number of carbonyl (C=O) groups is 1. The van der Waals surface area contributed by atoms with E-state index in [2.05, 4.69) is 27.5 Å². The van der Waals surface area contributed by atoms with E-state index < -0.39 is 6.03 Å². The van der Waals surface area contributed by atoms with Gasteiger partial charge in [-0.25, -0.2) is 9.78 Å². The number of urea groups is 1. The van der Waals surface area contributed by atoms with Crippen LogP contribution in [0.15, 0.2) is 22.5 Å². The Hall–Kier alpha value is -2.13. The Bertz CT molecular complexity index is 740. The van der Waals surface area contributed by atoms with Gasteiger partial charge in [0.15, 0.2) is 5.96 Å². The first kappa shape index (κ1) is 21.2. The van der Waals surface area contributed by atoms with Gasteiger partial charge >= 0.3 is 6.03 Å². The number of primary amides is 1. The number of rotatable bonds is 11. The summed E-state index contributed by atoms with van der Waals surface area (Å²) in [4.78, 5) is 21.7. The van der Waals surface area contributed by atoms with Crippen LogP contribution in [0.4, 0.5) is 9.93 Å². The van der Waals surface area contributed by atoms with Crippen molar-refractivity contribution in [1.29, 1.82) is 0 Å². The van der Waals surface area contributed by atoms with Gasteiger partial charge in [0.25, 0.3) is 0 Å². The number of amides is 2. The van der Waals surface area contributed by atoms with Crippen molar-refractivity contribution in [2.75, 3.05) is 6.54 Å². The van der Waals surface area contributed by atoms with Gasteiger partial charge in [0.05, 0.1) is 17.1 Å². The van der Waals surface area contributed by atoms with Gasteiger partial charge < -0.3 is 22.1 Å². The zero-order valence-corrected chi connectivity index (χ0v) is 17.3. The fourth-order valence-electron chi connectivity index (χ4n) is 2.48. The van der Waals surface area contributed by atoms with E-state index in [1.807, 2.05) is 17.5 Å². The zero-order chi connectivity index (χ0) is 19.5. The minimum absolute atomic E-state index is 0.405. The Balaban J connectivity index is 1.79. The van der Waals surface area contributed by atoms with Gasteiger partial charge in [-0.3, -0.25) is 0 Å². The fraction of sp³-hybridized carbons (Fsp3) is 0.500. The number of carbonyl (C=O) groups excluding carboxylic acids is 1. The van der Waals surface area contributed by atoms with Crippen molar-refractivity contribution in [1.82, 2.24) is 15.6 Å². The molecule has 6 N–H and O–H groups in total. The molecule has 0 saturated heterocycles. The molecule has 0 radical (unpaired) electrons. The summed E-state index contributed by atoms with van der Waals surface area (Å²) in [6.07, 6.45) is 7.49. The van der Waals surface area contributed by atoms with Crippen molar-refractivity contribution >= 4 is 39.8 Å². The van der Waals surface area contributed by atoms with Crippen molar-refractivity contribution in [3.63, 3.8) is 0 Å². The highest BCUT2D eigenvalue weighted by Gasteiger charge is 2.08. The normalized spacial score (nSPS) is 11.5. The van der Waals surface area contributed by atoms with Crippen LogP contribution in [-0.4, -0.2) is 23.5 Å². The van der Waals surface area contributed by atoms with E-state index in [-0.39, 0.29) is 0 Å². The SMILES string of the molecule is CCCCCCCCNC(N)=Nc1nc(-c2ccc(CNC(N)=O)s2)cs1. The summed E-state index contributed by atoms with van der Waals surface area (Å²) < 4.78 is 0. The third kappa shape index (κ3) is 7.96. The third-order valence-electron chi connectivity index (χ3n) is 3.90. The second kappa shape index (κ2) is 11.6. The van der Waals surface area contributed by atoms with Crippen LogP contribution < -0.4 is 22.1 Å². The first-order chi connectivity index (χ1) is 13.1. The average Bonchev–Trinajstić information content (AvgIpc) is 3.28. The minimum atomic E-state index is -0.529. The minimum Gasteiger partial charge on any atom is -0.370 e. The number of aliphatic imine (C=N–C) groups is 1. The lowest BCUT2D eigenvalue weighted by Crippen LogP contribution is -2.31. The summed E-state index contributed by atoms with van der Waals surface area (Å²) in [7, 11) is 0. The van der Waals surface area contributed by atoms with E-state index in [1.54, 1.807) is 11.3 Å². The number of aromatic nitrogens is 1. The van der Waals surface area contributed by atoms with Crippen LogP contribution in [0.25, 0.3) is 10.6 Å². The van der Waals surface area contributed by atoms with E-state index in [0.717, 1.165) is 28.4 Å². The third-order valence-corrected chi connectivity index (χ3v) is 5.74. The molecule has 9 heteroatoms. The highest BCUT2D eigenvalue weighted by molar-refractivity contribution is 7.16. The topological polar surface area (TPSA) is 118 Å². The summed E-state index contributed by atoms with van der Waals surface area (Å²) in [5.41, 5.74) is 11.9. The molecule has 0 spiro atoms. The number of hydrogen-bond acceptors (Lipinski definition) is 5. The lowest BCUT2D eigenvalue weighted by Gasteiger charge is -2.04. The van der Waals surface area contributed by atoms with Crippen molar-refractivity contribution in [3.8, 4) is 10.6 Å². The molecule has 2 heterocycles. The van der Waals surface area contributed by atoms with E-state index in [4.69, 9.17) is 11.5 Å². The smallest absolute Gasteiger partial charge is 0.312 e. The van der Waals surface area contributed by atoms with Crippen molar-refractivity contribution in [2.45, 2.75) is 52.0 Å². The number of thiazole rings is 1. The number of unbranched alkanes of at least 4 members (excludes halogenated alkanes) is 5. The molecule has 0 unspecified atom stereocenters. The molecule has 2 amide bonds. The van der Waals surface area contributed by atoms with E-state index in [0.29, 0.717) is 17.6 Å². The Morgan fingerprint density at radius 3 is 2.70 bits per heavy atom. The number of nitrogens with one attached hydrogen (secondary N) is 2. The molecule has 0 atom stereocenters. The molecular weight excluding hydrogens is 380 g/mol. The Morgan fingerprint density at radius 1 is 1.15 bits per heavy atom. The molecular formula is C18H28N6OS2. The molecule has 0 aliphatic carbocycles. The quantitative estimate of drug-likeness (QED) is 0.256. The molecule has 0 aliphatic rings. The largest absolute Gasteiger partial charge is 0.370 e.